The molecule has 0 bridgehead atoms. The first-order chi connectivity index (χ1) is 11.0. The standard InChI is InChI=1S/C15H13BrFN3O2S/c1-20-14-12(15(21)19-20)11(7-2-3-9(17)8(16)6-7)13-10(18-14)4-5-23(13)22/h2-3,6,11,18H,4-5H2,1H3,(H,19,21). The zero-order chi connectivity index (χ0) is 16.3. The summed E-state index contributed by atoms with van der Waals surface area (Å²) in [7, 11) is 0.610. The van der Waals surface area contributed by atoms with Gasteiger partial charge in [0.2, 0.25) is 0 Å². The van der Waals surface area contributed by atoms with Gasteiger partial charge in [-0.2, -0.15) is 0 Å². The van der Waals surface area contributed by atoms with Gasteiger partial charge in [0.15, 0.2) is 0 Å². The van der Waals surface area contributed by atoms with E-state index in [-0.39, 0.29) is 11.4 Å². The van der Waals surface area contributed by atoms with Crippen LogP contribution in [0.15, 0.2) is 38.1 Å². The quantitative estimate of drug-likeness (QED) is 0.776. The van der Waals surface area contributed by atoms with Crippen LogP contribution in [-0.4, -0.2) is 19.7 Å². The molecular formula is C15H13BrFN3O2S. The number of aryl methyl sites for hydroxylation is 1. The Kier molecular flexibility index (Phi) is 3.35. The van der Waals surface area contributed by atoms with Gasteiger partial charge >= 0.3 is 0 Å². The van der Waals surface area contributed by atoms with E-state index >= 15 is 0 Å². The first-order valence-corrected chi connectivity index (χ1v) is 9.21. The normalized spacial score (nSPS) is 22.7. The lowest BCUT2D eigenvalue weighted by atomic mass is 9.89. The summed E-state index contributed by atoms with van der Waals surface area (Å²) < 4.78 is 28.0. The first-order valence-electron chi connectivity index (χ1n) is 7.09. The molecule has 0 saturated carbocycles. The van der Waals surface area contributed by atoms with Crippen molar-refractivity contribution >= 4 is 32.5 Å². The van der Waals surface area contributed by atoms with Crippen LogP contribution in [0.1, 0.15) is 23.5 Å². The first kappa shape index (κ1) is 14.9. The van der Waals surface area contributed by atoms with E-state index in [9.17, 15) is 13.4 Å². The highest BCUT2D eigenvalue weighted by molar-refractivity contribution is 9.10. The average molecular weight is 398 g/mol. The molecule has 23 heavy (non-hydrogen) atoms. The lowest BCUT2D eigenvalue weighted by molar-refractivity contribution is 0.620. The number of benzene rings is 1. The fraction of sp³-hybridized carbons (Fsp3) is 0.267. The maximum absolute atomic E-state index is 13.6. The number of H-pyrrole nitrogens is 1. The molecule has 1 aromatic carbocycles. The molecule has 0 spiro atoms. The molecular weight excluding hydrogens is 385 g/mol. The number of nitrogens with one attached hydrogen (secondary N) is 2. The molecule has 2 aliphatic heterocycles. The van der Waals surface area contributed by atoms with Gasteiger partial charge in [-0.15, -0.1) is 0 Å². The minimum Gasteiger partial charge on any atom is -0.343 e. The average Bonchev–Trinajstić information content (AvgIpc) is 3.02. The number of hydrogen-bond acceptors (Lipinski definition) is 3. The summed E-state index contributed by atoms with van der Waals surface area (Å²) in [5.41, 5.74) is 1.95. The number of rotatable bonds is 1. The molecule has 1 aromatic heterocycles. The Hall–Kier alpha value is -1.67. The summed E-state index contributed by atoms with van der Waals surface area (Å²) >= 11 is 3.19. The summed E-state index contributed by atoms with van der Waals surface area (Å²) in [5.74, 6) is 0.429. The highest BCUT2D eigenvalue weighted by Gasteiger charge is 2.39. The Morgan fingerprint density at radius 1 is 1.43 bits per heavy atom. The maximum atomic E-state index is 13.6. The van der Waals surface area contributed by atoms with Crippen molar-refractivity contribution in [3.63, 3.8) is 0 Å². The maximum Gasteiger partial charge on any atom is 0.270 e. The largest absolute Gasteiger partial charge is 0.343 e. The van der Waals surface area contributed by atoms with Crippen LogP contribution >= 0.6 is 15.9 Å². The van der Waals surface area contributed by atoms with E-state index in [1.165, 1.54) is 6.07 Å². The van der Waals surface area contributed by atoms with Crippen LogP contribution in [0.3, 0.4) is 0 Å². The molecule has 2 aromatic rings. The van der Waals surface area contributed by atoms with E-state index in [1.807, 2.05) is 0 Å². The Balaban J connectivity index is 2.00. The lowest BCUT2D eigenvalue weighted by Crippen LogP contribution is -2.22. The number of fused-ring (bicyclic) bond motifs is 1. The minimum atomic E-state index is -1.14. The molecule has 2 unspecified atom stereocenters. The molecule has 0 radical (unpaired) electrons. The molecule has 2 aliphatic rings. The van der Waals surface area contributed by atoms with Gasteiger partial charge < -0.3 is 5.32 Å². The molecule has 3 heterocycles. The Morgan fingerprint density at radius 3 is 2.96 bits per heavy atom. The van der Waals surface area contributed by atoms with Crippen molar-refractivity contribution in [2.24, 2.45) is 7.05 Å². The Bertz CT molecular complexity index is 947. The number of aromatic nitrogens is 2. The van der Waals surface area contributed by atoms with E-state index in [2.05, 4.69) is 26.3 Å². The zero-order valence-electron chi connectivity index (χ0n) is 12.2. The minimum absolute atomic E-state index is 0.226. The Morgan fingerprint density at radius 2 is 2.22 bits per heavy atom. The molecule has 0 saturated heterocycles. The predicted molar refractivity (Wildman–Crippen MR) is 90.3 cm³/mol. The van der Waals surface area contributed by atoms with Crippen LogP contribution in [0.5, 0.6) is 0 Å². The number of anilines is 1. The van der Waals surface area contributed by atoms with Crippen molar-refractivity contribution in [1.82, 2.24) is 9.78 Å². The summed E-state index contributed by atoms with van der Waals surface area (Å²) in [4.78, 5) is 13.1. The van der Waals surface area contributed by atoms with Gasteiger partial charge in [0.1, 0.15) is 11.6 Å². The highest BCUT2D eigenvalue weighted by Crippen LogP contribution is 2.45. The third-order valence-corrected chi connectivity index (χ3v) is 6.44. The Labute approximate surface area is 142 Å². The molecule has 8 heteroatoms. The van der Waals surface area contributed by atoms with Crippen LogP contribution in [0.4, 0.5) is 10.2 Å². The molecule has 2 atom stereocenters. The summed E-state index contributed by atoms with van der Waals surface area (Å²) in [5, 5.41) is 5.97. The number of halogens is 2. The van der Waals surface area contributed by atoms with E-state index in [1.54, 1.807) is 23.9 Å². The number of aromatic amines is 1. The molecule has 2 N–H and O–H groups in total. The van der Waals surface area contributed by atoms with Crippen LogP contribution < -0.4 is 10.9 Å². The highest BCUT2D eigenvalue weighted by atomic mass is 79.9. The SMILES string of the molecule is Cn1[nH]c(=O)c2c1NC1=C(C2c2ccc(F)c(Br)c2)S(=O)CC1. The van der Waals surface area contributed by atoms with E-state index < -0.39 is 16.7 Å². The third kappa shape index (κ3) is 2.15. The van der Waals surface area contributed by atoms with Crippen LogP contribution in [0.2, 0.25) is 0 Å². The number of hydrogen-bond donors (Lipinski definition) is 2. The molecule has 0 fully saturated rings. The van der Waals surface area contributed by atoms with Gasteiger partial charge in [-0.1, -0.05) is 6.07 Å². The number of allylic oxidation sites excluding steroid dienone is 2. The lowest BCUT2D eigenvalue weighted by Gasteiger charge is -2.25. The van der Waals surface area contributed by atoms with Crippen molar-refractivity contribution in [1.29, 1.82) is 0 Å². The van der Waals surface area contributed by atoms with Gasteiger partial charge in [-0.25, -0.2) is 4.39 Å². The fourth-order valence-corrected chi connectivity index (χ4v) is 5.21. The van der Waals surface area contributed by atoms with Gasteiger partial charge in [0, 0.05) is 29.8 Å². The van der Waals surface area contributed by atoms with Crippen LogP contribution in [-0.2, 0) is 17.8 Å². The predicted octanol–water partition coefficient (Wildman–Crippen LogP) is 2.54. The fourth-order valence-electron chi connectivity index (χ4n) is 3.25. The van der Waals surface area contributed by atoms with Gasteiger partial charge in [-0.05, 0) is 33.6 Å². The molecule has 5 nitrogen and oxygen atoms in total. The van der Waals surface area contributed by atoms with E-state index in [0.29, 0.717) is 28.0 Å². The van der Waals surface area contributed by atoms with E-state index in [0.717, 1.165) is 16.2 Å². The van der Waals surface area contributed by atoms with Crippen molar-refractivity contribution < 1.29 is 8.60 Å². The molecule has 0 aliphatic carbocycles. The molecule has 120 valence electrons. The van der Waals surface area contributed by atoms with Gasteiger partial charge in [0.05, 0.1) is 26.8 Å². The summed E-state index contributed by atoms with van der Waals surface area (Å²) in [6, 6.07) is 4.66. The summed E-state index contributed by atoms with van der Waals surface area (Å²) in [6.07, 6.45) is 0.680. The van der Waals surface area contributed by atoms with Crippen molar-refractivity contribution in [3.05, 3.63) is 60.6 Å². The van der Waals surface area contributed by atoms with Crippen molar-refractivity contribution in [2.45, 2.75) is 12.3 Å². The van der Waals surface area contributed by atoms with Crippen molar-refractivity contribution in [3.8, 4) is 0 Å². The topological polar surface area (TPSA) is 66.9 Å². The smallest absolute Gasteiger partial charge is 0.270 e. The van der Waals surface area contributed by atoms with E-state index in [4.69, 9.17) is 0 Å². The second-order valence-electron chi connectivity index (χ2n) is 5.64. The van der Waals surface area contributed by atoms with Crippen LogP contribution in [0.25, 0.3) is 0 Å². The second-order valence-corrected chi connectivity index (χ2v) is 8.03. The molecule has 4 rings (SSSR count). The molecule has 0 amide bonds. The van der Waals surface area contributed by atoms with Crippen LogP contribution in [0, 0.1) is 5.82 Å². The zero-order valence-corrected chi connectivity index (χ0v) is 14.6. The second kappa shape index (κ2) is 5.17. The van der Waals surface area contributed by atoms with Gasteiger partial charge in [0.25, 0.3) is 5.56 Å². The van der Waals surface area contributed by atoms with Gasteiger partial charge in [-0.3, -0.25) is 18.8 Å². The van der Waals surface area contributed by atoms with Crippen molar-refractivity contribution in [2.75, 3.05) is 11.1 Å². The monoisotopic (exact) mass is 397 g/mol. The summed E-state index contributed by atoms with van der Waals surface area (Å²) in [6.45, 7) is 0. The number of nitrogens with zero attached hydrogens (tertiary/aromatic N) is 1. The third-order valence-electron chi connectivity index (χ3n) is 4.28.